The third-order valence-corrected chi connectivity index (χ3v) is 4.75. The molecule has 1 heterocycles. The van der Waals surface area contributed by atoms with E-state index in [0.29, 0.717) is 0 Å². The summed E-state index contributed by atoms with van der Waals surface area (Å²) < 4.78 is 0. The molecule has 0 aromatic carbocycles. The summed E-state index contributed by atoms with van der Waals surface area (Å²) in [7, 11) is 0. The Morgan fingerprint density at radius 2 is 1.44 bits per heavy atom. The van der Waals surface area contributed by atoms with E-state index in [4.69, 9.17) is 0 Å². The second kappa shape index (κ2) is 6.64. The molecule has 1 rings (SSSR count). The van der Waals surface area contributed by atoms with Gasteiger partial charge in [-0.25, -0.2) is 0 Å². The number of likely N-dealkylation sites (tertiary alicyclic amines) is 1. The van der Waals surface area contributed by atoms with Gasteiger partial charge in [-0.3, -0.25) is 0 Å². The Hall–Kier alpha value is -0.0400. The molecule has 0 aliphatic carbocycles. The van der Waals surface area contributed by atoms with Gasteiger partial charge in [-0.1, -0.05) is 27.7 Å². The molecule has 0 radical (unpaired) electrons. The van der Waals surface area contributed by atoms with E-state index in [0.717, 1.165) is 23.8 Å². The summed E-state index contributed by atoms with van der Waals surface area (Å²) in [6.07, 6.45) is 5.62. The highest BCUT2D eigenvalue weighted by atomic mass is 15.2. The fourth-order valence-corrected chi connectivity index (χ4v) is 2.79. The molecule has 0 bridgehead atoms. The van der Waals surface area contributed by atoms with Gasteiger partial charge >= 0.3 is 0 Å². The Bertz CT molecular complexity index is 174. The molecule has 0 aromatic rings. The second-order valence-electron chi connectivity index (χ2n) is 6.25. The van der Waals surface area contributed by atoms with Gasteiger partial charge in [0.05, 0.1) is 0 Å². The Morgan fingerprint density at radius 1 is 0.875 bits per heavy atom. The van der Waals surface area contributed by atoms with E-state index in [9.17, 15) is 0 Å². The van der Waals surface area contributed by atoms with Gasteiger partial charge in [-0.15, -0.1) is 0 Å². The van der Waals surface area contributed by atoms with Gasteiger partial charge in [-0.05, 0) is 63.5 Å². The van der Waals surface area contributed by atoms with Crippen molar-refractivity contribution in [2.24, 2.45) is 17.8 Å². The van der Waals surface area contributed by atoms with Gasteiger partial charge in [0.2, 0.25) is 0 Å². The minimum Gasteiger partial charge on any atom is -0.301 e. The van der Waals surface area contributed by atoms with Crippen molar-refractivity contribution in [2.75, 3.05) is 13.1 Å². The Labute approximate surface area is 103 Å². The first-order chi connectivity index (χ1) is 7.52. The summed E-state index contributed by atoms with van der Waals surface area (Å²) >= 11 is 0. The molecule has 3 atom stereocenters. The van der Waals surface area contributed by atoms with Crippen LogP contribution in [0.15, 0.2) is 0 Å². The maximum absolute atomic E-state index is 2.67. The first-order valence-electron chi connectivity index (χ1n) is 7.26. The van der Waals surface area contributed by atoms with E-state index < -0.39 is 0 Å². The summed E-state index contributed by atoms with van der Waals surface area (Å²) in [5.74, 6) is 2.58. The van der Waals surface area contributed by atoms with Gasteiger partial charge in [0.25, 0.3) is 0 Å². The molecule has 0 N–H and O–H groups in total. The molecular weight excluding hydrogens is 194 g/mol. The van der Waals surface area contributed by atoms with Gasteiger partial charge < -0.3 is 4.90 Å². The lowest BCUT2D eigenvalue weighted by Gasteiger charge is -2.28. The van der Waals surface area contributed by atoms with Crippen molar-refractivity contribution in [1.29, 1.82) is 0 Å². The van der Waals surface area contributed by atoms with Crippen LogP contribution in [-0.2, 0) is 0 Å². The van der Waals surface area contributed by atoms with E-state index >= 15 is 0 Å². The second-order valence-corrected chi connectivity index (χ2v) is 6.25. The zero-order chi connectivity index (χ0) is 12.1. The van der Waals surface area contributed by atoms with Crippen molar-refractivity contribution in [3.05, 3.63) is 0 Å². The maximum atomic E-state index is 2.67. The minimum atomic E-state index is 0.810. The Morgan fingerprint density at radius 3 is 1.94 bits per heavy atom. The number of rotatable bonds is 6. The lowest BCUT2D eigenvalue weighted by molar-refractivity contribution is 0.211. The predicted octanol–water partition coefficient (Wildman–Crippen LogP) is 4.18. The van der Waals surface area contributed by atoms with Crippen LogP contribution in [0.1, 0.15) is 60.3 Å². The largest absolute Gasteiger partial charge is 0.301 e. The van der Waals surface area contributed by atoms with Crippen molar-refractivity contribution in [3.8, 4) is 0 Å². The van der Waals surface area contributed by atoms with Crippen LogP contribution >= 0.6 is 0 Å². The van der Waals surface area contributed by atoms with E-state index in [2.05, 4.69) is 39.5 Å². The molecule has 0 amide bonds. The fourth-order valence-electron chi connectivity index (χ4n) is 2.79. The van der Waals surface area contributed by atoms with Crippen LogP contribution in [0.25, 0.3) is 0 Å². The average Bonchev–Trinajstić information content (AvgIpc) is 2.77. The average molecular weight is 225 g/mol. The predicted molar refractivity (Wildman–Crippen MR) is 72.7 cm³/mol. The molecule has 0 aromatic heterocycles. The van der Waals surface area contributed by atoms with Crippen molar-refractivity contribution in [2.45, 2.75) is 66.3 Å². The molecule has 0 saturated carbocycles. The van der Waals surface area contributed by atoms with Crippen LogP contribution in [0, 0.1) is 17.8 Å². The molecule has 1 nitrogen and oxygen atoms in total. The van der Waals surface area contributed by atoms with Crippen LogP contribution in [0.2, 0.25) is 0 Å². The lowest BCUT2D eigenvalue weighted by Crippen LogP contribution is -2.30. The quantitative estimate of drug-likeness (QED) is 0.655. The zero-order valence-electron chi connectivity index (χ0n) is 12.0. The first kappa shape index (κ1) is 14.0. The van der Waals surface area contributed by atoms with E-state index in [1.54, 1.807) is 0 Å². The van der Waals surface area contributed by atoms with Crippen LogP contribution in [-0.4, -0.2) is 24.0 Å². The number of hydrogen-bond donors (Lipinski definition) is 0. The molecule has 1 aliphatic heterocycles. The van der Waals surface area contributed by atoms with Gasteiger partial charge in [0.1, 0.15) is 0 Å². The maximum Gasteiger partial charge on any atom is 0.00670 e. The van der Waals surface area contributed by atoms with Gasteiger partial charge in [0.15, 0.2) is 0 Å². The highest BCUT2D eigenvalue weighted by Gasteiger charge is 2.20. The third kappa shape index (κ3) is 4.08. The summed E-state index contributed by atoms with van der Waals surface area (Å²) in [6.45, 7) is 14.6. The lowest BCUT2D eigenvalue weighted by atomic mass is 9.83. The van der Waals surface area contributed by atoms with E-state index in [-0.39, 0.29) is 0 Å². The summed E-state index contributed by atoms with van der Waals surface area (Å²) in [4.78, 5) is 2.67. The van der Waals surface area contributed by atoms with Crippen LogP contribution in [0.3, 0.4) is 0 Å². The molecule has 3 unspecified atom stereocenters. The number of nitrogens with zero attached hydrogens (tertiary/aromatic N) is 1. The van der Waals surface area contributed by atoms with Crippen LogP contribution in [0.5, 0.6) is 0 Å². The first-order valence-corrected chi connectivity index (χ1v) is 7.26. The van der Waals surface area contributed by atoms with Crippen molar-refractivity contribution < 1.29 is 0 Å². The monoisotopic (exact) mass is 225 g/mol. The molecule has 1 heteroatoms. The standard InChI is InChI=1S/C15H31N/c1-12(2)15(5)13(3)8-9-14(4)16-10-6-7-11-16/h12-15H,6-11H2,1-5H3. The Kier molecular flexibility index (Phi) is 5.82. The molecular formula is C15H31N. The van der Waals surface area contributed by atoms with Crippen molar-refractivity contribution in [1.82, 2.24) is 4.90 Å². The molecule has 0 spiro atoms. The van der Waals surface area contributed by atoms with E-state index in [1.165, 1.54) is 38.8 Å². The SMILES string of the molecule is CC(C)C(C)C(C)CCC(C)N1CCCC1. The molecule has 96 valence electrons. The molecule has 1 saturated heterocycles. The molecule has 1 aliphatic rings. The summed E-state index contributed by atoms with van der Waals surface area (Å²) in [6, 6.07) is 0.810. The van der Waals surface area contributed by atoms with Crippen molar-refractivity contribution >= 4 is 0 Å². The van der Waals surface area contributed by atoms with Crippen LogP contribution in [0.4, 0.5) is 0 Å². The summed E-state index contributed by atoms with van der Waals surface area (Å²) in [5, 5.41) is 0. The smallest absolute Gasteiger partial charge is 0.00670 e. The normalized spacial score (nSPS) is 23.6. The highest BCUT2D eigenvalue weighted by Crippen LogP contribution is 2.26. The van der Waals surface area contributed by atoms with Crippen LogP contribution < -0.4 is 0 Å². The van der Waals surface area contributed by atoms with Gasteiger partial charge in [0, 0.05) is 6.04 Å². The van der Waals surface area contributed by atoms with Gasteiger partial charge in [-0.2, -0.15) is 0 Å². The van der Waals surface area contributed by atoms with Crippen molar-refractivity contribution in [3.63, 3.8) is 0 Å². The van der Waals surface area contributed by atoms with E-state index in [1.807, 2.05) is 0 Å². The summed E-state index contributed by atoms with van der Waals surface area (Å²) in [5.41, 5.74) is 0. The minimum absolute atomic E-state index is 0.810. The molecule has 1 fully saturated rings. The third-order valence-electron chi connectivity index (χ3n) is 4.75. The highest BCUT2D eigenvalue weighted by molar-refractivity contribution is 4.74. The molecule has 16 heavy (non-hydrogen) atoms. The Balaban J connectivity index is 2.22. The topological polar surface area (TPSA) is 3.24 Å². The fraction of sp³-hybridized carbons (Fsp3) is 1.00. The number of hydrogen-bond acceptors (Lipinski definition) is 1. The zero-order valence-corrected chi connectivity index (χ0v) is 12.0.